The molecule has 0 aliphatic heterocycles. The number of carboxylic acid groups (broad SMARTS) is 1. The summed E-state index contributed by atoms with van der Waals surface area (Å²) in [4.78, 5) is 25.2. The van der Waals surface area contributed by atoms with Crippen molar-refractivity contribution in [1.82, 2.24) is 9.55 Å². The number of aromatic nitrogens is 2. The van der Waals surface area contributed by atoms with Gasteiger partial charge < -0.3 is 5.11 Å². The van der Waals surface area contributed by atoms with E-state index in [4.69, 9.17) is 10.4 Å². The molecule has 0 radical (unpaired) electrons. The first kappa shape index (κ1) is 13.2. The van der Waals surface area contributed by atoms with Gasteiger partial charge in [0.05, 0.1) is 21.7 Å². The zero-order valence-corrected chi connectivity index (χ0v) is 10.3. The van der Waals surface area contributed by atoms with Gasteiger partial charge in [0.15, 0.2) is 0 Å². The number of hydrogen-bond donors (Lipinski definition) is 1. The maximum absolute atomic E-state index is 11.1. The standard InChI is InChI=1S/C12H8N4O4/c1-7-9(15-3-2-14-11(15)6-13)4-8(12(17)18)5-10(7)16(19)20/h2-5H,1H3,(H,17,18). The maximum atomic E-state index is 11.1. The van der Waals surface area contributed by atoms with Crippen molar-refractivity contribution in [3.8, 4) is 11.8 Å². The van der Waals surface area contributed by atoms with Gasteiger partial charge >= 0.3 is 5.97 Å². The van der Waals surface area contributed by atoms with Crippen LogP contribution in [0.3, 0.4) is 0 Å². The Kier molecular flexibility index (Phi) is 3.18. The molecule has 1 aromatic carbocycles. The highest BCUT2D eigenvalue weighted by molar-refractivity contribution is 5.90. The van der Waals surface area contributed by atoms with E-state index in [0.29, 0.717) is 0 Å². The fraction of sp³-hybridized carbons (Fsp3) is 0.0833. The lowest BCUT2D eigenvalue weighted by atomic mass is 10.1. The van der Waals surface area contributed by atoms with Crippen LogP contribution in [0.15, 0.2) is 24.5 Å². The smallest absolute Gasteiger partial charge is 0.336 e. The third kappa shape index (κ3) is 2.08. The van der Waals surface area contributed by atoms with Gasteiger partial charge in [-0.3, -0.25) is 14.7 Å². The molecule has 0 fully saturated rings. The lowest BCUT2D eigenvalue weighted by Crippen LogP contribution is -2.06. The third-order valence-electron chi connectivity index (χ3n) is 2.80. The van der Waals surface area contributed by atoms with E-state index in [1.54, 1.807) is 0 Å². The Morgan fingerprint density at radius 3 is 2.80 bits per heavy atom. The summed E-state index contributed by atoms with van der Waals surface area (Å²) in [5.74, 6) is -1.27. The molecule has 0 amide bonds. The lowest BCUT2D eigenvalue weighted by Gasteiger charge is -2.09. The van der Waals surface area contributed by atoms with Gasteiger partial charge in [-0.2, -0.15) is 5.26 Å². The Morgan fingerprint density at radius 1 is 1.55 bits per heavy atom. The van der Waals surface area contributed by atoms with Crippen molar-refractivity contribution in [3.05, 3.63) is 51.6 Å². The van der Waals surface area contributed by atoms with Gasteiger partial charge in [0.1, 0.15) is 6.07 Å². The number of imidazole rings is 1. The quantitative estimate of drug-likeness (QED) is 0.669. The summed E-state index contributed by atoms with van der Waals surface area (Å²) in [7, 11) is 0. The first-order valence-electron chi connectivity index (χ1n) is 5.42. The molecule has 0 aliphatic rings. The van der Waals surface area contributed by atoms with E-state index >= 15 is 0 Å². The second-order valence-electron chi connectivity index (χ2n) is 3.93. The number of carbonyl (C=O) groups is 1. The number of nitriles is 1. The molecule has 0 saturated carbocycles. The van der Waals surface area contributed by atoms with Crippen LogP contribution in [-0.2, 0) is 0 Å². The molecule has 8 nitrogen and oxygen atoms in total. The van der Waals surface area contributed by atoms with E-state index in [0.717, 1.165) is 6.07 Å². The number of rotatable bonds is 3. The molecule has 20 heavy (non-hydrogen) atoms. The Bertz CT molecular complexity index is 757. The predicted molar refractivity (Wildman–Crippen MR) is 66.6 cm³/mol. The summed E-state index contributed by atoms with van der Waals surface area (Å²) in [5, 5.41) is 28.9. The maximum Gasteiger partial charge on any atom is 0.336 e. The minimum atomic E-state index is -1.28. The summed E-state index contributed by atoms with van der Waals surface area (Å²) in [5.41, 5.74) is -0.0486. The van der Waals surface area contributed by atoms with E-state index in [2.05, 4.69) is 4.98 Å². The zero-order chi connectivity index (χ0) is 14.9. The minimum absolute atomic E-state index is 0.0185. The monoisotopic (exact) mass is 272 g/mol. The molecular weight excluding hydrogens is 264 g/mol. The first-order chi connectivity index (χ1) is 9.45. The van der Waals surface area contributed by atoms with Crippen LogP contribution in [0, 0.1) is 28.4 Å². The molecule has 1 aromatic heterocycles. The highest BCUT2D eigenvalue weighted by Crippen LogP contribution is 2.27. The first-order valence-corrected chi connectivity index (χ1v) is 5.42. The van der Waals surface area contributed by atoms with Crippen molar-refractivity contribution < 1.29 is 14.8 Å². The summed E-state index contributed by atoms with van der Waals surface area (Å²) in [6.07, 6.45) is 2.80. The van der Waals surface area contributed by atoms with Crippen LogP contribution < -0.4 is 0 Å². The number of nitrogens with zero attached hydrogens (tertiary/aromatic N) is 4. The largest absolute Gasteiger partial charge is 0.478 e. The fourth-order valence-electron chi connectivity index (χ4n) is 1.83. The minimum Gasteiger partial charge on any atom is -0.478 e. The van der Waals surface area contributed by atoms with Crippen molar-refractivity contribution in [3.63, 3.8) is 0 Å². The van der Waals surface area contributed by atoms with Crippen LogP contribution in [0.4, 0.5) is 5.69 Å². The van der Waals surface area contributed by atoms with E-state index < -0.39 is 10.9 Å². The number of hydrogen-bond acceptors (Lipinski definition) is 5. The topological polar surface area (TPSA) is 122 Å². The van der Waals surface area contributed by atoms with Gasteiger partial charge in [0.2, 0.25) is 5.82 Å². The Balaban J connectivity index is 2.79. The normalized spacial score (nSPS) is 10.0. The summed E-state index contributed by atoms with van der Waals surface area (Å²) < 4.78 is 1.31. The molecule has 0 spiro atoms. The second-order valence-corrected chi connectivity index (χ2v) is 3.93. The molecule has 1 N–H and O–H groups in total. The van der Waals surface area contributed by atoms with Crippen LogP contribution >= 0.6 is 0 Å². The molecule has 0 atom stereocenters. The van der Waals surface area contributed by atoms with Gasteiger partial charge in [-0.15, -0.1) is 0 Å². The molecule has 2 aromatic rings. The Labute approximate surface area is 112 Å². The summed E-state index contributed by atoms with van der Waals surface area (Å²) in [6, 6.07) is 4.09. The van der Waals surface area contributed by atoms with Gasteiger partial charge in [0.25, 0.3) is 5.69 Å². The summed E-state index contributed by atoms with van der Waals surface area (Å²) >= 11 is 0. The van der Waals surface area contributed by atoms with Crippen molar-refractivity contribution >= 4 is 11.7 Å². The van der Waals surface area contributed by atoms with Crippen LogP contribution in [0.1, 0.15) is 21.7 Å². The number of nitro groups is 1. The average Bonchev–Trinajstić information content (AvgIpc) is 2.86. The molecular formula is C12H8N4O4. The average molecular weight is 272 g/mol. The molecule has 1 heterocycles. The SMILES string of the molecule is Cc1c(-n2ccnc2C#N)cc(C(=O)O)cc1[N+](=O)[O-]. The molecule has 100 valence electrons. The van der Waals surface area contributed by atoms with E-state index in [-0.39, 0.29) is 28.3 Å². The molecule has 2 rings (SSSR count). The number of benzene rings is 1. The third-order valence-corrected chi connectivity index (χ3v) is 2.80. The Morgan fingerprint density at radius 2 is 2.25 bits per heavy atom. The van der Waals surface area contributed by atoms with Crippen molar-refractivity contribution in [2.24, 2.45) is 0 Å². The van der Waals surface area contributed by atoms with Crippen molar-refractivity contribution in [2.45, 2.75) is 6.92 Å². The highest BCUT2D eigenvalue weighted by Gasteiger charge is 2.21. The highest BCUT2D eigenvalue weighted by atomic mass is 16.6. The summed E-state index contributed by atoms with van der Waals surface area (Å²) in [6.45, 7) is 1.49. The fourth-order valence-corrected chi connectivity index (χ4v) is 1.83. The number of aromatic carboxylic acids is 1. The van der Waals surface area contributed by atoms with Gasteiger partial charge in [-0.1, -0.05) is 0 Å². The van der Waals surface area contributed by atoms with Gasteiger partial charge in [-0.05, 0) is 13.0 Å². The van der Waals surface area contributed by atoms with Crippen LogP contribution in [-0.4, -0.2) is 25.6 Å². The molecule has 0 bridgehead atoms. The van der Waals surface area contributed by atoms with Crippen molar-refractivity contribution in [2.75, 3.05) is 0 Å². The zero-order valence-electron chi connectivity index (χ0n) is 10.3. The van der Waals surface area contributed by atoms with Gasteiger partial charge in [-0.25, -0.2) is 9.78 Å². The second kappa shape index (κ2) is 4.81. The number of carboxylic acids is 1. The van der Waals surface area contributed by atoms with E-state index in [1.807, 2.05) is 6.07 Å². The molecule has 0 saturated heterocycles. The van der Waals surface area contributed by atoms with Gasteiger partial charge in [0, 0.05) is 18.5 Å². The van der Waals surface area contributed by atoms with E-state index in [1.165, 1.54) is 30.0 Å². The number of nitro benzene ring substituents is 1. The Hall–Kier alpha value is -3.21. The van der Waals surface area contributed by atoms with Crippen LogP contribution in [0.2, 0.25) is 0 Å². The molecule has 0 unspecified atom stereocenters. The van der Waals surface area contributed by atoms with Crippen molar-refractivity contribution in [1.29, 1.82) is 5.26 Å². The molecule has 0 aliphatic carbocycles. The molecule has 8 heteroatoms. The lowest BCUT2D eigenvalue weighted by molar-refractivity contribution is -0.385. The van der Waals surface area contributed by atoms with Crippen LogP contribution in [0.25, 0.3) is 5.69 Å². The predicted octanol–water partition coefficient (Wildman–Crippen LogP) is 1.66. The van der Waals surface area contributed by atoms with Crippen LogP contribution in [0.5, 0.6) is 0 Å². The van der Waals surface area contributed by atoms with E-state index in [9.17, 15) is 14.9 Å².